The van der Waals surface area contributed by atoms with E-state index in [1.165, 1.54) is 29.5 Å². The molecule has 10 heteroatoms. The van der Waals surface area contributed by atoms with Crippen molar-refractivity contribution in [2.45, 2.75) is 13.5 Å². The van der Waals surface area contributed by atoms with E-state index in [0.717, 1.165) is 4.88 Å². The van der Waals surface area contributed by atoms with Gasteiger partial charge in [-0.15, -0.1) is 0 Å². The van der Waals surface area contributed by atoms with Gasteiger partial charge in [0.15, 0.2) is 10.9 Å². The van der Waals surface area contributed by atoms with Crippen LogP contribution in [0.2, 0.25) is 0 Å². The Morgan fingerprint density at radius 1 is 1.17 bits per heavy atom. The van der Waals surface area contributed by atoms with Gasteiger partial charge in [0.2, 0.25) is 0 Å². The third-order valence-corrected chi connectivity index (χ3v) is 4.92. The van der Waals surface area contributed by atoms with Gasteiger partial charge in [0, 0.05) is 28.9 Å². The van der Waals surface area contributed by atoms with Crippen LogP contribution in [0.4, 0.5) is 26.8 Å². The average Bonchev–Trinajstić information content (AvgIpc) is 3.36. The van der Waals surface area contributed by atoms with Crippen LogP contribution in [0.15, 0.2) is 59.4 Å². The molecule has 0 aliphatic heterocycles. The number of aromatic nitrogens is 3. The number of thiazole rings is 1. The largest absolute Gasteiger partial charge is 0.378 e. The lowest BCUT2D eigenvalue weighted by atomic mass is 10.1. The lowest BCUT2D eigenvalue weighted by molar-refractivity contribution is 0.102. The molecule has 0 radical (unpaired) electrons. The molecule has 0 aliphatic carbocycles. The Morgan fingerprint density at radius 3 is 2.83 bits per heavy atom. The fourth-order valence-corrected chi connectivity index (χ4v) is 3.35. The second-order valence-corrected chi connectivity index (χ2v) is 7.41. The first-order chi connectivity index (χ1) is 14.6. The Labute approximate surface area is 175 Å². The van der Waals surface area contributed by atoms with E-state index in [9.17, 15) is 9.18 Å². The van der Waals surface area contributed by atoms with E-state index in [-0.39, 0.29) is 5.69 Å². The molecule has 0 aliphatic rings. The summed E-state index contributed by atoms with van der Waals surface area (Å²) in [6.07, 6.45) is 3.39. The van der Waals surface area contributed by atoms with Gasteiger partial charge >= 0.3 is 0 Å². The Morgan fingerprint density at radius 2 is 2.07 bits per heavy atom. The molecule has 0 unspecified atom stereocenters. The van der Waals surface area contributed by atoms with Gasteiger partial charge in [-0.05, 0) is 37.3 Å². The molecule has 4 rings (SSSR count). The number of hydrogen-bond acceptors (Lipinski definition) is 8. The van der Waals surface area contributed by atoms with Gasteiger partial charge in [-0.3, -0.25) is 4.79 Å². The number of hydrogen-bond donors (Lipinski definition) is 3. The summed E-state index contributed by atoms with van der Waals surface area (Å²) in [7, 11) is 0. The fourth-order valence-electron chi connectivity index (χ4n) is 2.59. The van der Waals surface area contributed by atoms with Crippen molar-refractivity contribution in [2.24, 2.45) is 0 Å². The number of benzene rings is 1. The first kappa shape index (κ1) is 19.5. The van der Waals surface area contributed by atoms with E-state index in [0.29, 0.717) is 34.6 Å². The van der Waals surface area contributed by atoms with E-state index < -0.39 is 11.7 Å². The van der Waals surface area contributed by atoms with Crippen LogP contribution in [0, 0.1) is 12.7 Å². The maximum atomic E-state index is 14.2. The van der Waals surface area contributed by atoms with Crippen LogP contribution in [-0.4, -0.2) is 21.0 Å². The smallest absolute Gasteiger partial charge is 0.256 e. The molecule has 0 fully saturated rings. The van der Waals surface area contributed by atoms with Gasteiger partial charge in [-0.1, -0.05) is 22.6 Å². The number of amides is 1. The molecule has 0 saturated carbocycles. The maximum Gasteiger partial charge on any atom is 0.256 e. The van der Waals surface area contributed by atoms with E-state index in [2.05, 4.69) is 31.1 Å². The van der Waals surface area contributed by atoms with Crippen molar-refractivity contribution in [1.82, 2.24) is 15.1 Å². The number of nitrogens with zero attached hydrogens (tertiary/aromatic N) is 3. The van der Waals surface area contributed by atoms with Crippen molar-refractivity contribution in [3.63, 3.8) is 0 Å². The minimum atomic E-state index is -0.458. The molecule has 0 spiro atoms. The van der Waals surface area contributed by atoms with Crippen molar-refractivity contribution in [3.05, 3.63) is 76.9 Å². The zero-order chi connectivity index (χ0) is 20.9. The van der Waals surface area contributed by atoms with Crippen LogP contribution in [0.25, 0.3) is 0 Å². The highest BCUT2D eigenvalue weighted by atomic mass is 32.1. The molecular formula is C20H17FN6O2S. The van der Waals surface area contributed by atoms with Crippen LogP contribution in [0.1, 0.15) is 21.0 Å². The molecular weight excluding hydrogens is 407 g/mol. The van der Waals surface area contributed by atoms with Crippen LogP contribution in [0.5, 0.6) is 0 Å². The second kappa shape index (κ2) is 8.70. The number of aryl methyl sites for hydroxylation is 1. The zero-order valence-electron chi connectivity index (χ0n) is 15.8. The van der Waals surface area contributed by atoms with Gasteiger partial charge in [-0.2, -0.15) is 0 Å². The highest BCUT2D eigenvalue weighted by molar-refractivity contribution is 7.15. The number of anilines is 4. The molecule has 3 N–H and O–H groups in total. The lowest BCUT2D eigenvalue weighted by Gasteiger charge is -2.08. The average molecular weight is 424 g/mol. The number of halogens is 1. The Bertz CT molecular complexity index is 1160. The summed E-state index contributed by atoms with van der Waals surface area (Å²) in [5, 5.41) is 13.1. The third kappa shape index (κ3) is 4.78. The second-order valence-electron chi connectivity index (χ2n) is 6.30. The molecule has 152 valence electrons. The Kier molecular flexibility index (Phi) is 5.66. The minimum Gasteiger partial charge on any atom is -0.378 e. The molecule has 30 heavy (non-hydrogen) atoms. The van der Waals surface area contributed by atoms with Crippen molar-refractivity contribution in [3.8, 4) is 0 Å². The molecule has 1 aromatic carbocycles. The predicted octanol–water partition coefficient (Wildman–Crippen LogP) is 4.58. The van der Waals surface area contributed by atoms with Gasteiger partial charge < -0.3 is 20.5 Å². The van der Waals surface area contributed by atoms with E-state index >= 15 is 0 Å². The summed E-state index contributed by atoms with van der Waals surface area (Å²) in [6, 6.07) is 11.2. The zero-order valence-corrected chi connectivity index (χ0v) is 16.7. The molecule has 3 heterocycles. The summed E-state index contributed by atoms with van der Waals surface area (Å²) in [4.78, 5) is 21.7. The maximum absolute atomic E-state index is 14.2. The summed E-state index contributed by atoms with van der Waals surface area (Å²) in [5.41, 5.74) is 0.507. The van der Waals surface area contributed by atoms with Gasteiger partial charge in [-0.25, -0.2) is 14.4 Å². The van der Waals surface area contributed by atoms with Crippen molar-refractivity contribution >= 4 is 39.7 Å². The topological polar surface area (TPSA) is 105 Å². The standard InChI is InChI=1S/C20H17FN6O2S/c1-12-8-18(27-29-12)25-19(28)13-5-6-15(21)16(9-13)23-10-14-11-24-20(30-14)26-17-4-2-3-7-22-17/h2-9,11,23H,10H2,1H3,(H,22,24,26)(H,25,27,28). The summed E-state index contributed by atoms with van der Waals surface area (Å²) in [5.74, 6) is 0.701. The third-order valence-electron chi connectivity index (χ3n) is 4.00. The number of rotatable bonds is 7. The molecule has 0 bridgehead atoms. The molecule has 0 saturated heterocycles. The van der Waals surface area contributed by atoms with Gasteiger partial charge in [0.05, 0.1) is 12.2 Å². The van der Waals surface area contributed by atoms with Crippen molar-refractivity contribution < 1.29 is 13.7 Å². The van der Waals surface area contributed by atoms with E-state index in [1.807, 2.05) is 18.2 Å². The molecule has 1 amide bonds. The normalized spacial score (nSPS) is 10.6. The molecule has 8 nitrogen and oxygen atoms in total. The molecule has 3 aromatic heterocycles. The highest BCUT2D eigenvalue weighted by Crippen LogP contribution is 2.24. The Hall–Kier alpha value is -3.79. The highest BCUT2D eigenvalue weighted by Gasteiger charge is 2.12. The number of nitrogens with one attached hydrogen (secondary N) is 3. The van der Waals surface area contributed by atoms with Gasteiger partial charge in [0.1, 0.15) is 17.4 Å². The Balaban J connectivity index is 1.40. The monoisotopic (exact) mass is 424 g/mol. The van der Waals surface area contributed by atoms with Crippen LogP contribution in [0.3, 0.4) is 0 Å². The summed E-state index contributed by atoms with van der Waals surface area (Å²) < 4.78 is 19.1. The SMILES string of the molecule is Cc1cc(NC(=O)c2ccc(F)c(NCc3cnc(Nc4ccccn4)s3)c2)no1. The van der Waals surface area contributed by atoms with Crippen molar-refractivity contribution in [1.29, 1.82) is 0 Å². The van der Waals surface area contributed by atoms with E-state index in [1.54, 1.807) is 25.4 Å². The lowest BCUT2D eigenvalue weighted by Crippen LogP contribution is -2.13. The summed E-state index contributed by atoms with van der Waals surface area (Å²) >= 11 is 1.42. The number of carbonyl (C=O) groups is 1. The first-order valence-electron chi connectivity index (χ1n) is 8.98. The number of carbonyl (C=O) groups excluding carboxylic acids is 1. The van der Waals surface area contributed by atoms with Crippen LogP contribution < -0.4 is 16.0 Å². The summed E-state index contributed by atoms with van der Waals surface area (Å²) in [6.45, 7) is 2.07. The molecule has 0 atom stereocenters. The van der Waals surface area contributed by atoms with Crippen LogP contribution >= 0.6 is 11.3 Å². The van der Waals surface area contributed by atoms with E-state index in [4.69, 9.17) is 4.52 Å². The quantitative estimate of drug-likeness (QED) is 0.399. The first-order valence-corrected chi connectivity index (χ1v) is 9.79. The van der Waals surface area contributed by atoms with Gasteiger partial charge in [0.25, 0.3) is 5.91 Å². The molecule has 4 aromatic rings. The minimum absolute atomic E-state index is 0.214. The fraction of sp³-hybridized carbons (Fsp3) is 0.100. The van der Waals surface area contributed by atoms with Crippen molar-refractivity contribution in [2.75, 3.05) is 16.0 Å². The predicted molar refractivity (Wildman–Crippen MR) is 113 cm³/mol. The number of pyridine rings is 1. The van der Waals surface area contributed by atoms with Crippen LogP contribution in [-0.2, 0) is 6.54 Å².